The van der Waals surface area contributed by atoms with Crippen LogP contribution in [0.1, 0.15) is 19.3 Å². The molecule has 0 bridgehead atoms. The first-order valence-corrected chi connectivity index (χ1v) is 5.83. The molecule has 0 aromatic carbocycles. The van der Waals surface area contributed by atoms with E-state index in [2.05, 4.69) is 16.8 Å². The maximum atomic E-state index is 8.71. The van der Waals surface area contributed by atoms with Crippen molar-refractivity contribution in [1.29, 1.82) is 0 Å². The second-order valence-electron chi connectivity index (χ2n) is 4.89. The monoisotopic (exact) mass is 198 g/mol. The van der Waals surface area contributed by atoms with Crippen LogP contribution in [-0.4, -0.2) is 60.8 Å². The lowest BCUT2D eigenvalue weighted by Gasteiger charge is -2.41. The fraction of sp³-hybridized carbons (Fsp3) is 1.00. The van der Waals surface area contributed by atoms with E-state index in [0.29, 0.717) is 6.61 Å². The molecule has 2 fully saturated rings. The smallest absolute Gasteiger partial charge is 0.0443 e. The summed E-state index contributed by atoms with van der Waals surface area (Å²) >= 11 is 0. The zero-order chi connectivity index (χ0) is 9.97. The van der Waals surface area contributed by atoms with E-state index >= 15 is 0 Å². The summed E-state index contributed by atoms with van der Waals surface area (Å²) in [5.74, 6) is 0.888. The Kier molecular flexibility index (Phi) is 3.42. The summed E-state index contributed by atoms with van der Waals surface area (Å²) in [7, 11) is 2.16. The van der Waals surface area contributed by atoms with Gasteiger partial charge < -0.3 is 10.0 Å². The second-order valence-corrected chi connectivity index (χ2v) is 4.89. The first-order valence-electron chi connectivity index (χ1n) is 5.83. The van der Waals surface area contributed by atoms with Crippen molar-refractivity contribution in [1.82, 2.24) is 9.80 Å². The van der Waals surface area contributed by atoms with Crippen LogP contribution < -0.4 is 0 Å². The minimum absolute atomic E-state index is 0.323. The number of nitrogens with zero attached hydrogens (tertiary/aromatic N) is 2. The van der Waals surface area contributed by atoms with E-state index in [1.807, 2.05) is 0 Å². The van der Waals surface area contributed by atoms with Gasteiger partial charge in [-0.05, 0) is 32.2 Å². The lowest BCUT2D eigenvalue weighted by molar-refractivity contribution is 0.0656. The van der Waals surface area contributed by atoms with E-state index in [-0.39, 0.29) is 0 Å². The zero-order valence-corrected chi connectivity index (χ0v) is 9.15. The van der Waals surface area contributed by atoms with Gasteiger partial charge in [0.05, 0.1) is 0 Å². The van der Waals surface area contributed by atoms with Gasteiger partial charge in [-0.2, -0.15) is 0 Å². The molecule has 2 rings (SSSR count). The van der Waals surface area contributed by atoms with Gasteiger partial charge in [0.25, 0.3) is 0 Å². The molecule has 0 atom stereocenters. The van der Waals surface area contributed by atoms with E-state index < -0.39 is 0 Å². The van der Waals surface area contributed by atoms with Gasteiger partial charge >= 0.3 is 0 Å². The van der Waals surface area contributed by atoms with Gasteiger partial charge in [0, 0.05) is 38.8 Å². The maximum Gasteiger partial charge on any atom is 0.0443 e. The van der Waals surface area contributed by atoms with E-state index in [1.54, 1.807) is 0 Å². The third kappa shape index (κ3) is 2.69. The van der Waals surface area contributed by atoms with E-state index in [4.69, 9.17) is 5.11 Å². The van der Waals surface area contributed by atoms with Crippen LogP contribution in [0.5, 0.6) is 0 Å². The highest BCUT2D eigenvalue weighted by molar-refractivity contribution is 4.93. The van der Waals surface area contributed by atoms with Crippen molar-refractivity contribution in [3.05, 3.63) is 0 Å². The molecule has 1 saturated carbocycles. The van der Waals surface area contributed by atoms with Crippen LogP contribution in [0.25, 0.3) is 0 Å². The highest BCUT2D eigenvalue weighted by atomic mass is 16.3. The molecule has 0 aromatic heterocycles. The van der Waals surface area contributed by atoms with Crippen molar-refractivity contribution in [3.8, 4) is 0 Å². The summed E-state index contributed by atoms with van der Waals surface area (Å²) in [4.78, 5) is 4.97. The summed E-state index contributed by atoms with van der Waals surface area (Å²) in [6, 6.07) is 0.953. The Labute approximate surface area is 86.7 Å². The summed E-state index contributed by atoms with van der Waals surface area (Å²) < 4.78 is 0. The van der Waals surface area contributed by atoms with Gasteiger partial charge in [-0.1, -0.05) is 0 Å². The number of likely N-dealkylation sites (tertiary alicyclic amines) is 1. The Hall–Kier alpha value is -0.120. The van der Waals surface area contributed by atoms with Crippen molar-refractivity contribution in [2.75, 3.05) is 39.8 Å². The Morgan fingerprint density at radius 3 is 2.64 bits per heavy atom. The fourth-order valence-electron chi connectivity index (χ4n) is 2.34. The minimum atomic E-state index is 0.323. The number of aliphatic hydroxyl groups excluding tert-OH is 1. The van der Waals surface area contributed by atoms with Gasteiger partial charge in [0.15, 0.2) is 0 Å². The number of aliphatic hydroxyl groups is 1. The first-order chi connectivity index (χ1) is 6.79. The van der Waals surface area contributed by atoms with Crippen molar-refractivity contribution >= 4 is 0 Å². The third-order valence-electron chi connectivity index (χ3n) is 3.32. The Morgan fingerprint density at radius 1 is 1.36 bits per heavy atom. The average Bonchev–Trinajstić information content (AvgIpc) is 2.90. The lowest BCUT2D eigenvalue weighted by atomic mass is 9.99. The van der Waals surface area contributed by atoms with Crippen LogP contribution in [0.3, 0.4) is 0 Å². The van der Waals surface area contributed by atoms with Crippen LogP contribution in [0.2, 0.25) is 0 Å². The molecule has 0 aromatic rings. The molecular weight excluding hydrogens is 176 g/mol. The Bertz CT molecular complexity index is 176. The Balaban J connectivity index is 1.53. The van der Waals surface area contributed by atoms with E-state index in [9.17, 15) is 0 Å². The number of hydrogen-bond acceptors (Lipinski definition) is 3. The maximum absolute atomic E-state index is 8.71. The zero-order valence-electron chi connectivity index (χ0n) is 9.15. The Morgan fingerprint density at radius 2 is 2.07 bits per heavy atom. The summed E-state index contributed by atoms with van der Waals surface area (Å²) in [6.07, 6.45) is 3.79. The topological polar surface area (TPSA) is 26.7 Å². The quantitative estimate of drug-likeness (QED) is 0.669. The molecular formula is C11H22N2O. The standard InChI is InChI=1S/C11H22N2O/c1-12(5-2-6-14)7-10-8-13(9-10)11-3-4-11/h10-11,14H,2-9H2,1H3. The summed E-state index contributed by atoms with van der Waals surface area (Å²) in [5.41, 5.74) is 0. The highest BCUT2D eigenvalue weighted by Crippen LogP contribution is 2.32. The third-order valence-corrected chi connectivity index (χ3v) is 3.32. The summed E-state index contributed by atoms with van der Waals surface area (Å²) in [6.45, 7) is 5.20. The van der Waals surface area contributed by atoms with Gasteiger partial charge in [-0.3, -0.25) is 4.90 Å². The number of rotatable bonds is 6. The predicted molar refractivity (Wildman–Crippen MR) is 57.3 cm³/mol. The molecule has 0 unspecified atom stereocenters. The molecule has 1 aliphatic carbocycles. The van der Waals surface area contributed by atoms with Gasteiger partial charge in [0.1, 0.15) is 0 Å². The first kappa shape index (κ1) is 10.4. The van der Waals surface area contributed by atoms with Crippen molar-refractivity contribution in [3.63, 3.8) is 0 Å². The van der Waals surface area contributed by atoms with Crippen LogP contribution in [0.4, 0.5) is 0 Å². The molecule has 82 valence electrons. The highest BCUT2D eigenvalue weighted by Gasteiger charge is 2.37. The fourth-order valence-corrected chi connectivity index (χ4v) is 2.34. The number of hydrogen-bond donors (Lipinski definition) is 1. The van der Waals surface area contributed by atoms with Crippen LogP contribution >= 0.6 is 0 Å². The molecule has 0 spiro atoms. The molecule has 2 aliphatic rings. The predicted octanol–water partition coefficient (Wildman–Crippen LogP) is 0.395. The second kappa shape index (κ2) is 4.60. The SMILES string of the molecule is CN(CCCO)CC1CN(C2CC2)C1. The van der Waals surface area contributed by atoms with Crippen LogP contribution in [-0.2, 0) is 0 Å². The van der Waals surface area contributed by atoms with Crippen LogP contribution in [0, 0.1) is 5.92 Å². The molecule has 1 aliphatic heterocycles. The minimum Gasteiger partial charge on any atom is -0.396 e. The molecule has 0 radical (unpaired) electrons. The van der Waals surface area contributed by atoms with Crippen molar-refractivity contribution in [2.45, 2.75) is 25.3 Å². The summed E-state index contributed by atoms with van der Waals surface area (Å²) in [5, 5.41) is 8.71. The molecule has 1 heterocycles. The molecule has 1 N–H and O–H groups in total. The van der Waals surface area contributed by atoms with Crippen molar-refractivity contribution < 1.29 is 5.11 Å². The molecule has 3 nitrogen and oxygen atoms in total. The van der Waals surface area contributed by atoms with Gasteiger partial charge in [-0.25, -0.2) is 0 Å². The van der Waals surface area contributed by atoms with E-state index in [0.717, 1.165) is 24.9 Å². The molecule has 1 saturated heterocycles. The van der Waals surface area contributed by atoms with Crippen molar-refractivity contribution in [2.24, 2.45) is 5.92 Å². The molecule has 3 heteroatoms. The average molecular weight is 198 g/mol. The van der Waals surface area contributed by atoms with Gasteiger partial charge in [0.2, 0.25) is 0 Å². The van der Waals surface area contributed by atoms with Crippen LogP contribution in [0.15, 0.2) is 0 Å². The van der Waals surface area contributed by atoms with Gasteiger partial charge in [-0.15, -0.1) is 0 Å². The molecule has 14 heavy (non-hydrogen) atoms. The molecule has 0 amide bonds. The largest absolute Gasteiger partial charge is 0.396 e. The van der Waals surface area contributed by atoms with E-state index in [1.165, 1.54) is 32.5 Å². The normalized spacial score (nSPS) is 24.2. The lowest BCUT2D eigenvalue weighted by Crippen LogP contribution is -2.51.